The van der Waals surface area contributed by atoms with Gasteiger partial charge in [-0.05, 0) is 56.4 Å². The Kier molecular flexibility index (Phi) is 5.09. The van der Waals surface area contributed by atoms with E-state index in [1.165, 1.54) is 15.8 Å². The molecule has 1 atom stereocenters. The molecular formula is C25H25N5O2. The lowest BCUT2D eigenvalue weighted by atomic mass is 9.88. The maximum Gasteiger partial charge on any atom is 0.278 e. The van der Waals surface area contributed by atoms with Crippen molar-refractivity contribution in [1.82, 2.24) is 24.9 Å². The van der Waals surface area contributed by atoms with Crippen molar-refractivity contribution in [3.05, 3.63) is 87.5 Å². The molecule has 0 saturated heterocycles. The summed E-state index contributed by atoms with van der Waals surface area (Å²) in [6.45, 7) is 3.56. The number of hydrogen-bond acceptors (Lipinski definition) is 4. The maximum atomic E-state index is 13.2. The standard InChI is InChI=1S/C25H25N5O2/c1-16-24-23(17(2)30(28-24)19-11-4-3-5-12-19)25(32)29(27-16)15-22(31)26-21-14-8-10-18-9-6-7-13-20(18)21/h3-7,9,11-13,21H,8,10,14-15H2,1-2H3,(H,26,31)/t21-/m0/s1. The zero-order valence-electron chi connectivity index (χ0n) is 18.2. The smallest absolute Gasteiger partial charge is 0.278 e. The largest absolute Gasteiger partial charge is 0.348 e. The Morgan fingerprint density at radius 1 is 1.06 bits per heavy atom. The molecule has 1 aliphatic carbocycles. The fourth-order valence-corrected chi connectivity index (χ4v) is 4.62. The topological polar surface area (TPSA) is 81.8 Å². The van der Waals surface area contributed by atoms with Gasteiger partial charge in [-0.15, -0.1) is 0 Å². The number of benzene rings is 2. The van der Waals surface area contributed by atoms with Crippen molar-refractivity contribution < 1.29 is 4.79 Å². The van der Waals surface area contributed by atoms with Crippen LogP contribution < -0.4 is 10.9 Å². The highest BCUT2D eigenvalue weighted by Gasteiger charge is 2.23. The van der Waals surface area contributed by atoms with Gasteiger partial charge in [0.2, 0.25) is 5.91 Å². The predicted octanol–water partition coefficient (Wildman–Crippen LogP) is 3.39. The number of rotatable bonds is 4. The Bertz CT molecular complexity index is 1370. The van der Waals surface area contributed by atoms with Crippen LogP contribution in [0.5, 0.6) is 0 Å². The minimum Gasteiger partial charge on any atom is -0.348 e. The van der Waals surface area contributed by atoms with Crippen molar-refractivity contribution in [3.63, 3.8) is 0 Å². The van der Waals surface area contributed by atoms with Crippen molar-refractivity contribution in [3.8, 4) is 5.69 Å². The molecule has 162 valence electrons. The van der Waals surface area contributed by atoms with Gasteiger partial charge in [-0.1, -0.05) is 42.5 Å². The fraction of sp³-hybridized carbons (Fsp3) is 0.280. The molecule has 0 aliphatic heterocycles. The molecule has 2 heterocycles. The summed E-state index contributed by atoms with van der Waals surface area (Å²) < 4.78 is 3.01. The average molecular weight is 428 g/mol. The van der Waals surface area contributed by atoms with Gasteiger partial charge in [-0.25, -0.2) is 9.36 Å². The number of carbonyl (C=O) groups is 1. The summed E-state index contributed by atoms with van der Waals surface area (Å²) in [6.07, 6.45) is 2.96. The first-order valence-electron chi connectivity index (χ1n) is 10.9. The van der Waals surface area contributed by atoms with E-state index in [9.17, 15) is 9.59 Å². The third-order valence-electron chi connectivity index (χ3n) is 6.18. The second kappa shape index (κ2) is 8.07. The highest BCUT2D eigenvalue weighted by atomic mass is 16.2. The molecule has 1 amide bonds. The molecule has 32 heavy (non-hydrogen) atoms. The Hall–Kier alpha value is -3.74. The van der Waals surface area contributed by atoms with Gasteiger partial charge in [0.25, 0.3) is 5.56 Å². The van der Waals surface area contributed by atoms with Crippen molar-refractivity contribution in [2.75, 3.05) is 0 Å². The van der Waals surface area contributed by atoms with E-state index in [2.05, 4.69) is 27.6 Å². The summed E-state index contributed by atoms with van der Waals surface area (Å²) in [6, 6.07) is 17.9. The number of aromatic nitrogens is 4. The second-order valence-corrected chi connectivity index (χ2v) is 8.32. The van der Waals surface area contributed by atoms with Crippen LogP contribution in [0.25, 0.3) is 16.6 Å². The van der Waals surface area contributed by atoms with E-state index in [0.29, 0.717) is 16.6 Å². The third kappa shape index (κ3) is 3.49. The average Bonchev–Trinajstić information content (AvgIpc) is 3.16. The monoisotopic (exact) mass is 427 g/mol. The Morgan fingerprint density at radius 3 is 2.62 bits per heavy atom. The third-order valence-corrected chi connectivity index (χ3v) is 6.18. The van der Waals surface area contributed by atoms with Gasteiger partial charge in [-0.2, -0.15) is 10.2 Å². The first kappa shape index (κ1) is 20.2. The Morgan fingerprint density at radius 2 is 1.81 bits per heavy atom. The molecule has 7 heteroatoms. The van der Waals surface area contributed by atoms with E-state index >= 15 is 0 Å². The highest BCUT2D eigenvalue weighted by molar-refractivity contribution is 5.83. The maximum absolute atomic E-state index is 13.2. The van der Waals surface area contributed by atoms with Gasteiger partial charge in [0.1, 0.15) is 12.1 Å². The molecule has 0 unspecified atom stereocenters. The van der Waals surface area contributed by atoms with E-state index in [-0.39, 0.29) is 24.1 Å². The summed E-state index contributed by atoms with van der Waals surface area (Å²) >= 11 is 0. The van der Waals surface area contributed by atoms with Gasteiger partial charge < -0.3 is 5.32 Å². The lowest BCUT2D eigenvalue weighted by Crippen LogP contribution is -2.37. The summed E-state index contributed by atoms with van der Waals surface area (Å²) in [5.74, 6) is -0.215. The predicted molar refractivity (Wildman–Crippen MR) is 123 cm³/mol. The number of para-hydroxylation sites is 1. The van der Waals surface area contributed by atoms with E-state index in [0.717, 1.165) is 30.6 Å². The molecule has 5 rings (SSSR count). The molecular weight excluding hydrogens is 402 g/mol. The summed E-state index contributed by atoms with van der Waals surface area (Å²) in [4.78, 5) is 26.1. The first-order chi connectivity index (χ1) is 15.5. The van der Waals surface area contributed by atoms with E-state index in [1.54, 1.807) is 4.68 Å². The lowest BCUT2D eigenvalue weighted by Gasteiger charge is -2.26. The van der Waals surface area contributed by atoms with Crippen molar-refractivity contribution in [1.29, 1.82) is 0 Å². The molecule has 0 saturated carbocycles. The van der Waals surface area contributed by atoms with Crippen molar-refractivity contribution in [2.24, 2.45) is 0 Å². The van der Waals surface area contributed by atoms with Crippen molar-refractivity contribution in [2.45, 2.75) is 45.7 Å². The van der Waals surface area contributed by atoms with Crippen LogP contribution in [-0.4, -0.2) is 25.5 Å². The SMILES string of the molecule is Cc1nn(CC(=O)N[C@H]2CCCc3ccccc32)c(=O)c2c(C)n(-c3ccccc3)nc12. The molecule has 2 aromatic carbocycles. The molecule has 0 bridgehead atoms. The number of hydrogen-bond donors (Lipinski definition) is 1. The normalized spacial score (nSPS) is 15.5. The van der Waals surface area contributed by atoms with Crippen LogP contribution in [0.1, 0.15) is 41.4 Å². The van der Waals surface area contributed by atoms with Gasteiger partial charge in [-0.3, -0.25) is 9.59 Å². The zero-order chi connectivity index (χ0) is 22.2. The highest BCUT2D eigenvalue weighted by Crippen LogP contribution is 2.29. The van der Waals surface area contributed by atoms with Gasteiger partial charge in [0, 0.05) is 0 Å². The molecule has 0 fully saturated rings. The van der Waals surface area contributed by atoms with E-state index in [1.807, 2.05) is 56.3 Å². The number of nitrogens with one attached hydrogen (secondary N) is 1. The number of nitrogens with zero attached hydrogens (tertiary/aromatic N) is 4. The molecule has 4 aromatic rings. The minimum atomic E-state index is -0.301. The molecule has 1 N–H and O–H groups in total. The van der Waals surface area contributed by atoms with Crippen molar-refractivity contribution >= 4 is 16.8 Å². The summed E-state index contributed by atoms with van der Waals surface area (Å²) in [7, 11) is 0. The molecule has 1 aliphatic rings. The quantitative estimate of drug-likeness (QED) is 0.541. The van der Waals surface area contributed by atoms with Gasteiger partial charge >= 0.3 is 0 Å². The second-order valence-electron chi connectivity index (χ2n) is 8.32. The first-order valence-corrected chi connectivity index (χ1v) is 10.9. The minimum absolute atomic E-state index is 0.0319. The van der Waals surface area contributed by atoms with Gasteiger partial charge in [0.05, 0.1) is 28.5 Å². The van der Waals surface area contributed by atoms with Crippen LogP contribution in [-0.2, 0) is 17.8 Å². The molecule has 2 aromatic heterocycles. The molecule has 7 nitrogen and oxygen atoms in total. The van der Waals surface area contributed by atoms with Crippen LogP contribution in [0.4, 0.5) is 0 Å². The Labute approximate surface area is 185 Å². The van der Waals surface area contributed by atoms with Crippen LogP contribution in [0.3, 0.4) is 0 Å². The van der Waals surface area contributed by atoms with Crippen LogP contribution in [0.2, 0.25) is 0 Å². The van der Waals surface area contributed by atoms with E-state index < -0.39 is 0 Å². The number of amides is 1. The molecule has 0 radical (unpaired) electrons. The summed E-state index contributed by atoms with van der Waals surface area (Å²) in [5, 5.41) is 12.6. The molecule has 0 spiro atoms. The van der Waals surface area contributed by atoms with Crippen LogP contribution in [0.15, 0.2) is 59.4 Å². The summed E-state index contributed by atoms with van der Waals surface area (Å²) in [5.41, 5.74) is 4.93. The van der Waals surface area contributed by atoms with E-state index in [4.69, 9.17) is 0 Å². The van der Waals surface area contributed by atoms with Gasteiger partial charge in [0.15, 0.2) is 0 Å². The number of fused-ring (bicyclic) bond motifs is 2. The number of carbonyl (C=O) groups excluding carboxylic acids is 1. The Balaban J connectivity index is 1.45. The zero-order valence-corrected chi connectivity index (χ0v) is 18.2. The van der Waals surface area contributed by atoms with Crippen LogP contribution in [0, 0.1) is 13.8 Å². The van der Waals surface area contributed by atoms with Crippen LogP contribution >= 0.6 is 0 Å². The number of aryl methyl sites for hydroxylation is 3. The lowest BCUT2D eigenvalue weighted by molar-refractivity contribution is -0.122. The fourth-order valence-electron chi connectivity index (χ4n) is 4.62.